The molecule has 1 saturated heterocycles. The third-order valence-corrected chi connectivity index (χ3v) is 3.44. The molecule has 2 atom stereocenters. The number of carboxylic acids is 2. The average molecular weight is 282 g/mol. The fraction of sp³-hybridized carbons (Fsp3) is 0.600. The van der Waals surface area contributed by atoms with Gasteiger partial charge < -0.3 is 14.9 Å². The Labute approximate surface area is 118 Å². The third-order valence-electron chi connectivity index (χ3n) is 3.44. The molecule has 0 aromatic heterocycles. The molecule has 0 aliphatic carbocycles. The van der Waals surface area contributed by atoms with E-state index in [0.29, 0.717) is 25.9 Å². The zero-order chi connectivity index (χ0) is 15.1. The van der Waals surface area contributed by atoms with E-state index in [4.69, 9.17) is 14.9 Å². The Balaban J connectivity index is 2.73. The van der Waals surface area contributed by atoms with Crippen LogP contribution in [-0.4, -0.2) is 34.9 Å². The van der Waals surface area contributed by atoms with Gasteiger partial charge in [-0.25, -0.2) is 9.59 Å². The predicted molar refractivity (Wildman–Crippen MR) is 74.5 cm³/mol. The van der Waals surface area contributed by atoms with Gasteiger partial charge in [0.1, 0.15) is 0 Å². The summed E-state index contributed by atoms with van der Waals surface area (Å²) in [7, 11) is 0. The van der Waals surface area contributed by atoms with Crippen LogP contribution in [0.25, 0.3) is 0 Å². The van der Waals surface area contributed by atoms with E-state index in [-0.39, 0.29) is 23.2 Å². The van der Waals surface area contributed by atoms with Crippen LogP contribution in [0.1, 0.15) is 39.5 Å². The molecule has 0 aromatic carbocycles. The summed E-state index contributed by atoms with van der Waals surface area (Å²) in [5.74, 6) is -1.73. The summed E-state index contributed by atoms with van der Waals surface area (Å²) in [6, 6.07) is 0. The van der Waals surface area contributed by atoms with Crippen molar-refractivity contribution in [3.8, 4) is 0 Å². The van der Waals surface area contributed by atoms with Gasteiger partial charge in [-0.2, -0.15) is 0 Å². The van der Waals surface area contributed by atoms with Crippen molar-refractivity contribution in [3.63, 3.8) is 0 Å². The van der Waals surface area contributed by atoms with Crippen molar-refractivity contribution < 1.29 is 24.5 Å². The first kappa shape index (κ1) is 16.4. The van der Waals surface area contributed by atoms with Crippen molar-refractivity contribution >= 4 is 11.9 Å². The second kappa shape index (κ2) is 7.85. The second-order valence-corrected chi connectivity index (χ2v) is 5.21. The molecule has 1 aliphatic heterocycles. The van der Waals surface area contributed by atoms with Crippen molar-refractivity contribution in [1.82, 2.24) is 0 Å². The zero-order valence-corrected chi connectivity index (χ0v) is 12.0. The summed E-state index contributed by atoms with van der Waals surface area (Å²) < 4.78 is 5.04. The SMILES string of the molecule is CCC(C)CC(=CC=C(CCC1CO1)C(=O)O)C(=O)O. The Kier molecular flexibility index (Phi) is 6.45. The molecule has 1 fully saturated rings. The number of carbonyl (C=O) groups is 2. The molecule has 20 heavy (non-hydrogen) atoms. The van der Waals surface area contributed by atoms with Gasteiger partial charge in [0.25, 0.3) is 0 Å². The second-order valence-electron chi connectivity index (χ2n) is 5.21. The van der Waals surface area contributed by atoms with E-state index < -0.39 is 11.9 Å². The van der Waals surface area contributed by atoms with E-state index in [1.807, 2.05) is 13.8 Å². The molecule has 112 valence electrons. The van der Waals surface area contributed by atoms with Gasteiger partial charge in [-0.1, -0.05) is 32.4 Å². The van der Waals surface area contributed by atoms with E-state index in [1.165, 1.54) is 12.2 Å². The quantitative estimate of drug-likeness (QED) is 0.385. The molecule has 0 spiro atoms. The first-order chi connectivity index (χ1) is 9.43. The fourth-order valence-electron chi connectivity index (χ4n) is 1.76. The number of epoxide rings is 1. The predicted octanol–water partition coefficient (Wildman–Crippen LogP) is 2.62. The third kappa shape index (κ3) is 6.02. The average Bonchev–Trinajstić information content (AvgIpc) is 3.20. The van der Waals surface area contributed by atoms with E-state index in [0.717, 1.165) is 6.42 Å². The van der Waals surface area contributed by atoms with Crippen LogP contribution >= 0.6 is 0 Å². The van der Waals surface area contributed by atoms with Crippen LogP contribution in [0.3, 0.4) is 0 Å². The molecule has 1 heterocycles. The van der Waals surface area contributed by atoms with Crippen molar-refractivity contribution in [2.75, 3.05) is 6.61 Å². The number of hydrogen-bond donors (Lipinski definition) is 2. The Hall–Kier alpha value is -1.62. The first-order valence-corrected chi connectivity index (χ1v) is 6.92. The highest BCUT2D eigenvalue weighted by Crippen LogP contribution is 2.20. The summed E-state index contributed by atoms with van der Waals surface area (Å²) in [6.45, 7) is 4.67. The molecule has 2 unspecified atom stereocenters. The van der Waals surface area contributed by atoms with Crippen LogP contribution in [0.5, 0.6) is 0 Å². The fourth-order valence-corrected chi connectivity index (χ4v) is 1.76. The van der Waals surface area contributed by atoms with E-state index >= 15 is 0 Å². The normalized spacial score (nSPS) is 20.6. The summed E-state index contributed by atoms with van der Waals surface area (Å²) in [5, 5.41) is 18.2. The maximum absolute atomic E-state index is 11.1. The lowest BCUT2D eigenvalue weighted by atomic mass is 9.98. The summed E-state index contributed by atoms with van der Waals surface area (Å²) >= 11 is 0. The highest BCUT2D eigenvalue weighted by atomic mass is 16.6. The molecule has 0 radical (unpaired) electrons. The van der Waals surface area contributed by atoms with Gasteiger partial charge in [-0.3, -0.25) is 0 Å². The minimum Gasteiger partial charge on any atom is -0.478 e. The van der Waals surface area contributed by atoms with Crippen molar-refractivity contribution in [2.45, 2.75) is 45.6 Å². The van der Waals surface area contributed by atoms with E-state index in [2.05, 4.69) is 0 Å². The minimum absolute atomic E-state index is 0.167. The summed E-state index contributed by atoms with van der Waals surface area (Å²) in [4.78, 5) is 22.3. The largest absolute Gasteiger partial charge is 0.478 e. The minimum atomic E-state index is -1.00. The van der Waals surface area contributed by atoms with Crippen LogP contribution < -0.4 is 0 Å². The molecule has 0 saturated carbocycles. The van der Waals surface area contributed by atoms with Gasteiger partial charge in [-0.05, 0) is 25.2 Å². The van der Waals surface area contributed by atoms with Crippen LogP contribution in [0.2, 0.25) is 0 Å². The molecule has 5 heteroatoms. The number of hydrogen-bond acceptors (Lipinski definition) is 3. The number of rotatable bonds is 9. The first-order valence-electron chi connectivity index (χ1n) is 6.92. The Bertz CT molecular complexity index is 418. The maximum atomic E-state index is 11.1. The lowest BCUT2D eigenvalue weighted by Gasteiger charge is -2.08. The monoisotopic (exact) mass is 282 g/mol. The molecule has 0 aromatic rings. The lowest BCUT2D eigenvalue weighted by Crippen LogP contribution is -2.06. The highest BCUT2D eigenvalue weighted by Gasteiger charge is 2.23. The topological polar surface area (TPSA) is 87.1 Å². The van der Waals surface area contributed by atoms with Crippen molar-refractivity contribution in [1.29, 1.82) is 0 Å². The molecule has 1 aliphatic rings. The molecular weight excluding hydrogens is 260 g/mol. The lowest BCUT2D eigenvalue weighted by molar-refractivity contribution is -0.134. The molecule has 0 bridgehead atoms. The highest BCUT2D eigenvalue weighted by molar-refractivity contribution is 5.89. The summed E-state index contributed by atoms with van der Waals surface area (Å²) in [6.07, 6.45) is 5.40. The summed E-state index contributed by atoms with van der Waals surface area (Å²) in [5.41, 5.74) is 0.476. The molecule has 2 N–H and O–H groups in total. The number of aliphatic carboxylic acids is 2. The molecule has 1 rings (SSSR count). The van der Waals surface area contributed by atoms with Crippen molar-refractivity contribution in [3.05, 3.63) is 23.3 Å². The van der Waals surface area contributed by atoms with Gasteiger partial charge in [0.05, 0.1) is 12.7 Å². The van der Waals surface area contributed by atoms with Crippen LogP contribution in [0, 0.1) is 5.92 Å². The number of carboxylic acid groups (broad SMARTS) is 2. The van der Waals surface area contributed by atoms with Gasteiger partial charge in [0.15, 0.2) is 0 Å². The van der Waals surface area contributed by atoms with Crippen LogP contribution in [-0.2, 0) is 14.3 Å². The Morgan fingerprint density at radius 1 is 1.25 bits per heavy atom. The Morgan fingerprint density at radius 3 is 2.25 bits per heavy atom. The molecular formula is C15H22O5. The van der Waals surface area contributed by atoms with E-state index in [9.17, 15) is 9.59 Å². The van der Waals surface area contributed by atoms with Gasteiger partial charge in [0, 0.05) is 11.1 Å². The number of allylic oxidation sites excluding steroid dienone is 2. The molecule has 5 nitrogen and oxygen atoms in total. The number of ether oxygens (including phenoxy) is 1. The van der Waals surface area contributed by atoms with Crippen LogP contribution in [0.4, 0.5) is 0 Å². The molecule has 0 amide bonds. The van der Waals surface area contributed by atoms with Gasteiger partial charge >= 0.3 is 11.9 Å². The van der Waals surface area contributed by atoms with E-state index in [1.54, 1.807) is 0 Å². The van der Waals surface area contributed by atoms with Gasteiger partial charge in [-0.15, -0.1) is 0 Å². The Morgan fingerprint density at radius 2 is 1.80 bits per heavy atom. The van der Waals surface area contributed by atoms with Crippen LogP contribution in [0.15, 0.2) is 23.3 Å². The zero-order valence-electron chi connectivity index (χ0n) is 12.0. The van der Waals surface area contributed by atoms with Crippen molar-refractivity contribution in [2.24, 2.45) is 5.92 Å². The van der Waals surface area contributed by atoms with Gasteiger partial charge in [0.2, 0.25) is 0 Å². The smallest absolute Gasteiger partial charge is 0.331 e. The maximum Gasteiger partial charge on any atom is 0.331 e. The standard InChI is InChI=1S/C15H22O5/c1-3-10(2)8-12(15(18)19)5-4-11(14(16)17)6-7-13-9-20-13/h4-5,10,13H,3,6-9H2,1-2H3,(H,16,17)(H,18,19).